The first kappa shape index (κ1) is 50.0. The molecule has 0 bridgehead atoms. The summed E-state index contributed by atoms with van der Waals surface area (Å²) in [4.78, 5) is 24.3. The predicted octanol–water partition coefficient (Wildman–Crippen LogP) is 13.4. The first-order valence-corrected chi connectivity index (χ1v) is 20.7. The van der Waals surface area contributed by atoms with Crippen molar-refractivity contribution in [1.29, 1.82) is 0 Å². The molecule has 1 atom stereocenters. The number of carbonyl (C=O) groups is 2. The number of ether oxygens (including phenoxy) is 2. The second kappa shape index (κ2) is 43.4. The summed E-state index contributed by atoms with van der Waals surface area (Å²) in [5.41, 5.74) is 0. The van der Waals surface area contributed by atoms with Crippen LogP contribution >= 0.6 is 0 Å². The minimum atomic E-state index is -0.817. The SMILES string of the molecule is CC/C=C\C/C=C\C/C=C\C/C=C\C/C=C\C/C=C\C/C=C\CCCCCC(=O)OC(CO)COC(=O)CCCC/C=C\C/C=C\C/C=C\C/C=C\CC. The van der Waals surface area contributed by atoms with Crippen LogP contribution in [0.4, 0.5) is 0 Å². The molecule has 0 aromatic carbocycles. The van der Waals surface area contributed by atoms with Gasteiger partial charge in [0.25, 0.3) is 0 Å². The minimum Gasteiger partial charge on any atom is -0.462 e. The fourth-order valence-electron chi connectivity index (χ4n) is 4.87. The number of carbonyl (C=O) groups excluding carboxylic acids is 2. The number of aliphatic hydroxyl groups is 1. The van der Waals surface area contributed by atoms with Crippen LogP contribution in [-0.4, -0.2) is 36.4 Å². The molecule has 0 heterocycles. The molecule has 0 amide bonds. The molecule has 1 unspecified atom stereocenters. The molecule has 0 aromatic heterocycles. The van der Waals surface area contributed by atoms with E-state index < -0.39 is 6.10 Å². The van der Waals surface area contributed by atoms with Gasteiger partial charge in [-0.3, -0.25) is 9.59 Å². The van der Waals surface area contributed by atoms with Crippen molar-refractivity contribution in [2.75, 3.05) is 13.2 Å². The summed E-state index contributed by atoms with van der Waals surface area (Å²) in [5, 5.41) is 9.56. The first-order valence-electron chi connectivity index (χ1n) is 20.7. The predicted molar refractivity (Wildman–Crippen MR) is 232 cm³/mol. The molecule has 0 aromatic rings. The Kier molecular flexibility index (Phi) is 40.3. The molecule has 0 aliphatic carbocycles. The van der Waals surface area contributed by atoms with E-state index in [9.17, 15) is 14.7 Å². The van der Waals surface area contributed by atoms with Gasteiger partial charge in [-0.15, -0.1) is 0 Å². The molecule has 54 heavy (non-hydrogen) atoms. The molecule has 0 radical (unpaired) electrons. The second-order valence-corrected chi connectivity index (χ2v) is 12.9. The zero-order valence-electron chi connectivity index (χ0n) is 33.9. The average molecular weight is 743 g/mol. The third-order valence-electron chi connectivity index (χ3n) is 7.94. The van der Waals surface area contributed by atoms with Gasteiger partial charge >= 0.3 is 11.9 Å². The van der Waals surface area contributed by atoms with Gasteiger partial charge in [-0.25, -0.2) is 0 Å². The highest BCUT2D eigenvalue weighted by molar-refractivity contribution is 5.70. The van der Waals surface area contributed by atoms with Gasteiger partial charge in [0.2, 0.25) is 0 Å². The number of esters is 2. The van der Waals surface area contributed by atoms with Gasteiger partial charge in [-0.05, 0) is 109 Å². The standard InChI is InChI=1S/C49H74O5/c1-3-5-7-9-11-13-15-17-19-20-21-22-23-24-25-26-27-28-30-32-34-36-38-40-42-44-49(52)54-47(45-50)46-53-48(51)43-41-39-37-35-33-31-29-18-16-14-12-10-8-6-4-2/h5-8,11-14,17-19,21-22,24-25,27-29,32-35,47,50H,3-4,9-10,15-16,20,23,26,30-31,36-46H2,1-2H3/b7-5-,8-6-,13-11-,14-12-,19-17-,22-21-,25-24-,28-27-,29-18-,34-32-,35-33-. The average Bonchev–Trinajstić information content (AvgIpc) is 3.17. The van der Waals surface area contributed by atoms with E-state index in [4.69, 9.17) is 9.47 Å². The van der Waals surface area contributed by atoms with Crippen molar-refractivity contribution >= 4 is 11.9 Å². The van der Waals surface area contributed by atoms with Crippen molar-refractivity contribution in [2.45, 2.75) is 148 Å². The number of rotatable bonds is 35. The van der Waals surface area contributed by atoms with E-state index in [0.717, 1.165) is 116 Å². The lowest BCUT2D eigenvalue weighted by Gasteiger charge is -2.15. The van der Waals surface area contributed by atoms with E-state index in [2.05, 4.69) is 148 Å². The number of allylic oxidation sites excluding steroid dienone is 22. The number of hydrogen-bond donors (Lipinski definition) is 1. The van der Waals surface area contributed by atoms with Crippen LogP contribution in [0.3, 0.4) is 0 Å². The maximum Gasteiger partial charge on any atom is 0.306 e. The largest absolute Gasteiger partial charge is 0.462 e. The molecule has 0 rings (SSSR count). The molecule has 0 spiro atoms. The Hall–Kier alpha value is -3.96. The van der Waals surface area contributed by atoms with Crippen LogP contribution in [0, 0.1) is 0 Å². The lowest BCUT2D eigenvalue weighted by molar-refractivity contribution is -0.161. The summed E-state index contributed by atoms with van der Waals surface area (Å²) in [6.07, 6.45) is 65.2. The van der Waals surface area contributed by atoms with Gasteiger partial charge < -0.3 is 14.6 Å². The van der Waals surface area contributed by atoms with Crippen molar-refractivity contribution in [2.24, 2.45) is 0 Å². The van der Waals surface area contributed by atoms with E-state index >= 15 is 0 Å². The topological polar surface area (TPSA) is 72.8 Å². The Bertz CT molecular complexity index is 1200. The Morgan fingerprint density at radius 1 is 0.426 bits per heavy atom. The fourth-order valence-corrected chi connectivity index (χ4v) is 4.87. The van der Waals surface area contributed by atoms with E-state index in [0.29, 0.717) is 12.8 Å². The zero-order valence-corrected chi connectivity index (χ0v) is 33.9. The maximum atomic E-state index is 12.2. The van der Waals surface area contributed by atoms with Crippen molar-refractivity contribution in [3.05, 3.63) is 134 Å². The Balaban J connectivity index is 3.76. The molecule has 1 N–H and O–H groups in total. The molecule has 0 aliphatic rings. The molecular weight excluding hydrogens is 669 g/mol. The van der Waals surface area contributed by atoms with Crippen LogP contribution in [-0.2, 0) is 19.1 Å². The van der Waals surface area contributed by atoms with Gasteiger partial charge in [0.05, 0.1) is 6.61 Å². The normalized spacial score (nSPS) is 13.6. The smallest absolute Gasteiger partial charge is 0.306 e. The van der Waals surface area contributed by atoms with Gasteiger partial charge in [0.1, 0.15) is 6.61 Å². The summed E-state index contributed by atoms with van der Waals surface area (Å²) in [5.74, 6) is -0.695. The summed E-state index contributed by atoms with van der Waals surface area (Å²) in [6, 6.07) is 0. The van der Waals surface area contributed by atoms with Crippen molar-refractivity contribution in [3.8, 4) is 0 Å². The molecule has 5 nitrogen and oxygen atoms in total. The van der Waals surface area contributed by atoms with Gasteiger partial charge in [0.15, 0.2) is 6.10 Å². The first-order chi connectivity index (χ1) is 26.6. The van der Waals surface area contributed by atoms with E-state index in [1.54, 1.807) is 0 Å². The second-order valence-electron chi connectivity index (χ2n) is 12.9. The number of unbranched alkanes of at least 4 members (excludes halogenated alkanes) is 5. The summed E-state index contributed by atoms with van der Waals surface area (Å²) >= 11 is 0. The fraction of sp³-hybridized carbons (Fsp3) is 0.510. The Morgan fingerprint density at radius 3 is 1.11 bits per heavy atom. The Labute approximate surface area is 330 Å². The van der Waals surface area contributed by atoms with Crippen molar-refractivity contribution in [1.82, 2.24) is 0 Å². The van der Waals surface area contributed by atoms with Gasteiger partial charge in [0, 0.05) is 12.8 Å². The highest BCUT2D eigenvalue weighted by atomic mass is 16.6. The molecule has 0 saturated carbocycles. The maximum absolute atomic E-state index is 12.2. The minimum absolute atomic E-state index is 0.112. The molecule has 0 saturated heterocycles. The van der Waals surface area contributed by atoms with Crippen LogP contribution in [0.1, 0.15) is 142 Å². The molecule has 0 fully saturated rings. The van der Waals surface area contributed by atoms with Gasteiger partial charge in [-0.2, -0.15) is 0 Å². The quantitative estimate of drug-likeness (QED) is 0.0398. The van der Waals surface area contributed by atoms with Crippen LogP contribution in [0.25, 0.3) is 0 Å². The van der Waals surface area contributed by atoms with Crippen LogP contribution in [0.5, 0.6) is 0 Å². The molecule has 5 heteroatoms. The lowest BCUT2D eigenvalue weighted by atomic mass is 10.1. The number of aliphatic hydroxyl groups excluding tert-OH is 1. The van der Waals surface area contributed by atoms with E-state index in [-0.39, 0.29) is 25.2 Å². The highest BCUT2D eigenvalue weighted by Gasteiger charge is 2.16. The van der Waals surface area contributed by atoms with Crippen LogP contribution < -0.4 is 0 Å². The van der Waals surface area contributed by atoms with Crippen LogP contribution in [0.15, 0.2) is 134 Å². The highest BCUT2D eigenvalue weighted by Crippen LogP contribution is 2.08. The third kappa shape index (κ3) is 40.8. The lowest BCUT2D eigenvalue weighted by Crippen LogP contribution is -2.28. The Morgan fingerprint density at radius 2 is 0.741 bits per heavy atom. The van der Waals surface area contributed by atoms with Crippen molar-refractivity contribution in [3.63, 3.8) is 0 Å². The third-order valence-corrected chi connectivity index (χ3v) is 7.94. The zero-order chi connectivity index (χ0) is 39.3. The summed E-state index contributed by atoms with van der Waals surface area (Å²) in [6.45, 7) is 3.81. The number of hydrogen-bond acceptors (Lipinski definition) is 5. The monoisotopic (exact) mass is 743 g/mol. The molecule has 0 aliphatic heterocycles. The summed E-state index contributed by atoms with van der Waals surface area (Å²) < 4.78 is 10.6. The van der Waals surface area contributed by atoms with Crippen molar-refractivity contribution < 1.29 is 24.2 Å². The molecular formula is C49H74O5. The molecule has 300 valence electrons. The van der Waals surface area contributed by atoms with E-state index in [1.165, 1.54) is 0 Å². The van der Waals surface area contributed by atoms with Gasteiger partial charge in [-0.1, -0.05) is 154 Å². The van der Waals surface area contributed by atoms with Crippen LogP contribution in [0.2, 0.25) is 0 Å². The summed E-state index contributed by atoms with van der Waals surface area (Å²) in [7, 11) is 0. The van der Waals surface area contributed by atoms with E-state index in [1.807, 2.05) is 0 Å².